The fourth-order valence-corrected chi connectivity index (χ4v) is 7.81. The maximum Gasteiger partial charge on any atom is 0.255 e. The number of hydrogen-bond donors (Lipinski definition) is 3. The number of carbonyl (C=O) groups excluding carboxylic acids is 3. The number of nitrogens with zero attached hydrogens (tertiary/aromatic N) is 3. The van der Waals surface area contributed by atoms with Gasteiger partial charge in [-0.05, 0) is 97.8 Å². The van der Waals surface area contributed by atoms with Gasteiger partial charge in [-0.15, -0.1) is 0 Å². The zero-order chi connectivity index (χ0) is 34.3. The van der Waals surface area contributed by atoms with Gasteiger partial charge >= 0.3 is 0 Å². The first-order chi connectivity index (χ1) is 23.7. The number of amides is 3. The van der Waals surface area contributed by atoms with Crippen LogP contribution in [-0.2, 0) is 35.8 Å². The molecule has 4 N–H and O–H groups in total. The van der Waals surface area contributed by atoms with Crippen molar-refractivity contribution in [3.63, 3.8) is 0 Å². The minimum Gasteiger partial charge on any atom is -0.327 e. The van der Waals surface area contributed by atoms with Crippen molar-refractivity contribution in [1.29, 1.82) is 0 Å². The number of nitrogens with one attached hydrogen (secondary N) is 2. The third-order valence-corrected chi connectivity index (χ3v) is 10.3. The number of rotatable bonds is 8. The van der Waals surface area contributed by atoms with Crippen LogP contribution >= 0.6 is 23.2 Å². The normalized spacial score (nSPS) is 23.1. The first kappa shape index (κ1) is 35.5. The van der Waals surface area contributed by atoms with Crippen LogP contribution in [0.5, 0.6) is 0 Å². The van der Waals surface area contributed by atoms with E-state index in [2.05, 4.69) is 38.6 Å². The summed E-state index contributed by atoms with van der Waals surface area (Å²) < 4.78 is 0. The molecule has 9 nitrogen and oxygen atoms in total. The zero-order valence-corrected chi connectivity index (χ0v) is 29.4. The summed E-state index contributed by atoms with van der Waals surface area (Å²) in [6.45, 7) is 7.23. The molecule has 0 radical (unpaired) electrons. The Morgan fingerprint density at radius 2 is 1.47 bits per heavy atom. The van der Waals surface area contributed by atoms with Crippen LogP contribution in [0.1, 0.15) is 71.1 Å². The van der Waals surface area contributed by atoms with Crippen molar-refractivity contribution in [3.8, 4) is 0 Å². The molecule has 3 saturated heterocycles. The Morgan fingerprint density at radius 3 is 2.12 bits per heavy atom. The lowest BCUT2D eigenvalue weighted by Gasteiger charge is -2.33. The Morgan fingerprint density at radius 1 is 0.796 bits per heavy atom. The molecule has 0 aromatic heterocycles. The molecule has 11 heteroatoms. The highest BCUT2D eigenvalue weighted by molar-refractivity contribution is 6.30. The molecule has 0 saturated carbocycles. The van der Waals surface area contributed by atoms with Crippen molar-refractivity contribution in [3.05, 3.63) is 105 Å². The quantitative estimate of drug-likeness (QED) is 0.279. The number of benzene rings is 3. The van der Waals surface area contributed by atoms with E-state index < -0.39 is 6.04 Å². The van der Waals surface area contributed by atoms with Crippen LogP contribution < -0.4 is 16.4 Å². The van der Waals surface area contributed by atoms with Crippen molar-refractivity contribution in [1.82, 2.24) is 25.3 Å². The van der Waals surface area contributed by atoms with Crippen LogP contribution in [0.4, 0.5) is 0 Å². The molecular weight excluding hydrogens is 659 g/mol. The van der Waals surface area contributed by atoms with Crippen molar-refractivity contribution >= 4 is 40.9 Å². The standard InChI is InChI=1S/C26H29ClN4O3.C12H17ClN2/c27-20-4-1-3-18(12-20)14-30-10-2-5-21(16-30)28-13-17-6-7-22-19(11-17)15-31(26(22)34)23-8-9-24(32)29-25(23)33;13-11-4-1-3-10(7-11)8-15-6-2-5-12(14)9-15/h1,3-4,6-7,11-12,21,23,28H,2,5,8-10,13-16H2,(H,29,32,33);1,3-4,7,12H,2,5-6,8-9,14H2/t21-,23?;12-/m11/s1. The summed E-state index contributed by atoms with van der Waals surface area (Å²) in [6.07, 6.45) is 5.30. The lowest BCUT2D eigenvalue weighted by Crippen LogP contribution is -2.52. The van der Waals surface area contributed by atoms with Crippen LogP contribution in [-0.4, -0.2) is 76.7 Å². The molecule has 3 aromatic rings. The molecule has 260 valence electrons. The summed E-state index contributed by atoms with van der Waals surface area (Å²) in [6, 6.07) is 22.2. The van der Waals surface area contributed by atoms with E-state index in [1.807, 2.05) is 48.5 Å². The highest BCUT2D eigenvalue weighted by Crippen LogP contribution is 2.28. The van der Waals surface area contributed by atoms with Gasteiger partial charge in [0.05, 0.1) is 0 Å². The summed E-state index contributed by atoms with van der Waals surface area (Å²) in [5.41, 5.74) is 11.2. The van der Waals surface area contributed by atoms with Gasteiger partial charge in [0.15, 0.2) is 0 Å². The average molecular weight is 706 g/mol. The minimum atomic E-state index is -0.577. The van der Waals surface area contributed by atoms with E-state index >= 15 is 0 Å². The number of fused-ring (bicyclic) bond motifs is 1. The summed E-state index contributed by atoms with van der Waals surface area (Å²) in [5, 5.41) is 7.62. The predicted molar refractivity (Wildman–Crippen MR) is 193 cm³/mol. The van der Waals surface area contributed by atoms with Crippen molar-refractivity contribution < 1.29 is 14.4 Å². The molecule has 3 atom stereocenters. The molecule has 0 aliphatic carbocycles. The van der Waals surface area contributed by atoms with Gasteiger partial charge in [-0.3, -0.25) is 29.5 Å². The van der Waals surface area contributed by atoms with E-state index in [1.54, 1.807) is 4.90 Å². The number of imide groups is 1. The molecule has 0 bridgehead atoms. The fourth-order valence-electron chi connectivity index (χ4n) is 7.39. The maximum atomic E-state index is 12.9. The average Bonchev–Trinajstić information content (AvgIpc) is 3.39. The Balaban J connectivity index is 0.000000232. The molecule has 4 heterocycles. The van der Waals surface area contributed by atoms with E-state index in [4.69, 9.17) is 28.9 Å². The van der Waals surface area contributed by atoms with Gasteiger partial charge in [-0.2, -0.15) is 0 Å². The molecular formula is C38H46Cl2N6O3. The largest absolute Gasteiger partial charge is 0.327 e. The van der Waals surface area contributed by atoms with Crippen molar-refractivity contribution in [2.45, 2.75) is 82.8 Å². The molecule has 4 aliphatic rings. The minimum absolute atomic E-state index is 0.132. The summed E-state index contributed by atoms with van der Waals surface area (Å²) in [5.74, 6) is -0.778. The van der Waals surface area contributed by atoms with Gasteiger partial charge < -0.3 is 16.0 Å². The molecule has 3 aromatic carbocycles. The second-order valence-corrected chi connectivity index (χ2v) is 14.6. The lowest BCUT2D eigenvalue weighted by atomic mass is 10.0. The highest BCUT2D eigenvalue weighted by Gasteiger charge is 2.39. The van der Waals surface area contributed by atoms with E-state index in [0.29, 0.717) is 30.6 Å². The second-order valence-electron chi connectivity index (χ2n) is 13.7. The number of hydrogen-bond acceptors (Lipinski definition) is 7. The molecule has 7 rings (SSSR count). The second kappa shape index (κ2) is 16.6. The lowest BCUT2D eigenvalue weighted by molar-refractivity contribution is -0.136. The smallest absolute Gasteiger partial charge is 0.255 e. The van der Waals surface area contributed by atoms with Crippen LogP contribution in [0.25, 0.3) is 0 Å². The summed E-state index contributed by atoms with van der Waals surface area (Å²) in [4.78, 5) is 43.0. The van der Waals surface area contributed by atoms with Crippen LogP contribution in [0, 0.1) is 0 Å². The topological polar surface area (TPSA) is 111 Å². The van der Waals surface area contributed by atoms with Gasteiger partial charge in [0.2, 0.25) is 11.8 Å². The SMILES string of the molecule is N[C@@H]1CCCN(Cc2cccc(Cl)c2)C1.O=C1CCC(N2Cc3cc(CN[C@@H]4CCCN(Cc5cccc(Cl)c5)C4)ccc3C2=O)C(=O)N1. The van der Waals surface area contributed by atoms with Gasteiger partial charge in [-0.1, -0.05) is 59.6 Å². The van der Waals surface area contributed by atoms with Crippen molar-refractivity contribution in [2.24, 2.45) is 5.73 Å². The van der Waals surface area contributed by atoms with E-state index in [-0.39, 0.29) is 24.1 Å². The monoisotopic (exact) mass is 704 g/mol. The Bertz CT molecular complexity index is 1650. The molecule has 3 fully saturated rings. The first-order valence-electron chi connectivity index (χ1n) is 17.4. The maximum absolute atomic E-state index is 12.9. The van der Waals surface area contributed by atoms with E-state index in [0.717, 1.165) is 86.2 Å². The third-order valence-electron chi connectivity index (χ3n) is 9.82. The van der Waals surface area contributed by atoms with Crippen LogP contribution in [0.3, 0.4) is 0 Å². The first-order valence-corrected chi connectivity index (χ1v) is 18.1. The Hall–Kier alpha value is -3.31. The molecule has 49 heavy (non-hydrogen) atoms. The van der Waals surface area contributed by atoms with Gasteiger partial charge in [0.25, 0.3) is 5.91 Å². The Labute approximate surface area is 299 Å². The molecule has 4 aliphatic heterocycles. The summed E-state index contributed by atoms with van der Waals surface area (Å²) in [7, 11) is 0. The molecule has 3 amide bonds. The number of likely N-dealkylation sites (tertiary alicyclic amines) is 2. The van der Waals surface area contributed by atoms with E-state index in [9.17, 15) is 14.4 Å². The zero-order valence-electron chi connectivity index (χ0n) is 27.9. The molecule has 0 spiro atoms. The number of nitrogens with two attached hydrogens (primary N) is 1. The van der Waals surface area contributed by atoms with E-state index in [1.165, 1.54) is 17.5 Å². The highest BCUT2D eigenvalue weighted by atomic mass is 35.5. The third kappa shape index (κ3) is 9.69. The number of halogens is 2. The van der Waals surface area contributed by atoms with Gasteiger partial charge in [0, 0.05) is 73.4 Å². The van der Waals surface area contributed by atoms with Crippen molar-refractivity contribution in [2.75, 3.05) is 26.2 Å². The molecule has 1 unspecified atom stereocenters. The van der Waals surface area contributed by atoms with Crippen LogP contribution in [0.15, 0.2) is 66.7 Å². The predicted octanol–water partition coefficient (Wildman–Crippen LogP) is 5.12. The van der Waals surface area contributed by atoms with Gasteiger partial charge in [0.1, 0.15) is 6.04 Å². The fraction of sp³-hybridized carbons (Fsp3) is 0.447. The Kier molecular flexibility index (Phi) is 12.0. The summed E-state index contributed by atoms with van der Waals surface area (Å²) >= 11 is 12.1. The number of piperidine rings is 3. The van der Waals surface area contributed by atoms with Gasteiger partial charge in [-0.25, -0.2) is 0 Å². The van der Waals surface area contributed by atoms with Crippen LogP contribution in [0.2, 0.25) is 10.0 Å². The number of carbonyl (C=O) groups is 3.